The third-order valence-corrected chi connectivity index (χ3v) is 5.68. The van der Waals surface area contributed by atoms with Crippen LogP contribution in [0.2, 0.25) is 0 Å². The van der Waals surface area contributed by atoms with Crippen LogP contribution in [0.3, 0.4) is 0 Å². The molecule has 0 saturated heterocycles. The second-order valence-corrected chi connectivity index (χ2v) is 7.96. The van der Waals surface area contributed by atoms with Crippen LogP contribution in [-0.2, 0) is 19.1 Å². The molecule has 0 fully saturated rings. The van der Waals surface area contributed by atoms with E-state index >= 15 is 0 Å². The number of carbonyl (C=O) groups excluding carboxylic acids is 2. The summed E-state index contributed by atoms with van der Waals surface area (Å²) in [5, 5.41) is 9.30. The van der Waals surface area contributed by atoms with Gasteiger partial charge in [0.15, 0.2) is 5.41 Å². The number of esters is 2. The summed E-state index contributed by atoms with van der Waals surface area (Å²) in [5.74, 6) is -0.586. The van der Waals surface area contributed by atoms with E-state index in [4.69, 9.17) is 9.47 Å². The maximum absolute atomic E-state index is 12.8. The first-order valence-corrected chi connectivity index (χ1v) is 10.6. The van der Waals surface area contributed by atoms with Crippen molar-refractivity contribution in [1.29, 1.82) is 0 Å². The second kappa shape index (κ2) is 14.8. The van der Waals surface area contributed by atoms with Gasteiger partial charge in [0, 0.05) is 6.61 Å². The summed E-state index contributed by atoms with van der Waals surface area (Å²) in [4.78, 5) is 25.5. The minimum atomic E-state index is -1.44. The number of ether oxygens (including phenoxy) is 2. The Balaban J connectivity index is 6.01. The molecule has 0 aliphatic rings. The highest BCUT2D eigenvalue weighted by molar-refractivity contribution is 6.00. The van der Waals surface area contributed by atoms with Gasteiger partial charge in [0.05, 0.1) is 14.2 Å². The van der Waals surface area contributed by atoms with E-state index in [1.807, 2.05) is 26.0 Å². The van der Waals surface area contributed by atoms with Crippen molar-refractivity contribution in [2.45, 2.75) is 59.3 Å². The van der Waals surface area contributed by atoms with Crippen molar-refractivity contribution in [3.63, 3.8) is 0 Å². The van der Waals surface area contributed by atoms with E-state index in [9.17, 15) is 14.7 Å². The van der Waals surface area contributed by atoms with E-state index in [0.29, 0.717) is 12.3 Å². The van der Waals surface area contributed by atoms with Crippen LogP contribution in [0.1, 0.15) is 59.3 Å². The highest BCUT2D eigenvalue weighted by Crippen LogP contribution is 2.36. The zero-order valence-electron chi connectivity index (χ0n) is 19.4. The lowest BCUT2D eigenvalue weighted by atomic mass is 9.76. The molecule has 2 atom stereocenters. The molecule has 0 unspecified atom stereocenters. The van der Waals surface area contributed by atoms with Gasteiger partial charge in [-0.2, -0.15) is 0 Å². The molecule has 0 spiro atoms. The molecule has 0 aliphatic heterocycles. The monoisotopic (exact) mass is 420 g/mol. The van der Waals surface area contributed by atoms with Crippen molar-refractivity contribution in [1.82, 2.24) is 0 Å². The fraction of sp³-hybridized carbons (Fsp3) is 0.600. The molecule has 5 nitrogen and oxygen atoms in total. The number of hydrogen-bond donors (Lipinski definition) is 1. The SMILES string of the molecule is C=C/C=C(/C)CC(C/C=C(/C)[C@@H](CCCO)[C@H](C)CCC=C)(C(=O)OC)C(=O)OC. The second-order valence-electron chi connectivity index (χ2n) is 7.96. The number of allylic oxidation sites excluding steroid dienone is 6. The topological polar surface area (TPSA) is 72.8 Å². The fourth-order valence-electron chi connectivity index (χ4n) is 3.93. The average Bonchev–Trinajstić information content (AvgIpc) is 2.74. The number of rotatable bonds is 15. The summed E-state index contributed by atoms with van der Waals surface area (Å²) in [6.45, 7) is 13.7. The molecule has 0 amide bonds. The van der Waals surface area contributed by atoms with Gasteiger partial charge in [0.1, 0.15) is 0 Å². The predicted octanol–water partition coefficient (Wildman–Crippen LogP) is 5.17. The molecule has 1 N–H and O–H groups in total. The van der Waals surface area contributed by atoms with Crippen molar-refractivity contribution >= 4 is 11.9 Å². The first-order valence-electron chi connectivity index (χ1n) is 10.6. The number of carbonyl (C=O) groups is 2. The lowest BCUT2D eigenvalue weighted by molar-refractivity contribution is -0.168. The molecule has 170 valence electrons. The standard InChI is InChI=1S/C25H40O5/c1-8-10-13-20(4)22(14-11-17-26)21(5)15-16-25(23(27)29-6,24(28)30-7)18-19(3)12-9-2/h8-9,12,15,20,22,26H,1-2,10-11,13-14,16-18H2,3-7H3/b19-12-,21-15-/t20-,22+/m1/s1. The maximum atomic E-state index is 12.8. The number of aliphatic hydroxyl groups excluding tert-OH is 1. The molecule has 0 saturated carbocycles. The van der Waals surface area contributed by atoms with Gasteiger partial charge >= 0.3 is 11.9 Å². The Hall–Kier alpha value is -2.14. The van der Waals surface area contributed by atoms with E-state index in [-0.39, 0.29) is 25.4 Å². The van der Waals surface area contributed by atoms with Crippen LogP contribution in [0.15, 0.2) is 48.6 Å². The molecule has 0 rings (SSSR count). The molecular formula is C25H40O5. The summed E-state index contributed by atoms with van der Waals surface area (Å²) >= 11 is 0. The van der Waals surface area contributed by atoms with Crippen molar-refractivity contribution < 1.29 is 24.2 Å². The lowest BCUT2D eigenvalue weighted by Gasteiger charge is -2.29. The van der Waals surface area contributed by atoms with Gasteiger partial charge in [-0.05, 0) is 64.2 Å². The molecule has 0 radical (unpaired) electrons. The first kappa shape index (κ1) is 27.9. The van der Waals surface area contributed by atoms with Crippen LogP contribution >= 0.6 is 0 Å². The van der Waals surface area contributed by atoms with E-state index in [1.54, 1.807) is 12.2 Å². The zero-order chi connectivity index (χ0) is 23.2. The van der Waals surface area contributed by atoms with Crippen molar-refractivity contribution in [3.05, 3.63) is 48.6 Å². The van der Waals surface area contributed by atoms with E-state index in [2.05, 4.69) is 20.1 Å². The summed E-state index contributed by atoms with van der Waals surface area (Å²) in [5.41, 5.74) is 0.492. The van der Waals surface area contributed by atoms with Gasteiger partial charge in [-0.25, -0.2) is 0 Å². The molecule has 0 heterocycles. The zero-order valence-corrected chi connectivity index (χ0v) is 19.4. The summed E-state index contributed by atoms with van der Waals surface area (Å²) in [6, 6.07) is 0. The molecule has 5 heteroatoms. The third kappa shape index (κ3) is 8.31. The molecule has 30 heavy (non-hydrogen) atoms. The Morgan fingerprint density at radius 1 is 1.10 bits per heavy atom. The van der Waals surface area contributed by atoms with Gasteiger partial charge in [0.2, 0.25) is 0 Å². The molecular weight excluding hydrogens is 380 g/mol. The third-order valence-electron chi connectivity index (χ3n) is 5.68. The Labute approximate surface area is 182 Å². The number of hydrogen-bond acceptors (Lipinski definition) is 5. The van der Waals surface area contributed by atoms with Crippen molar-refractivity contribution in [2.24, 2.45) is 17.3 Å². The maximum Gasteiger partial charge on any atom is 0.323 e. The van der Waals surface area contributed by atoms with Crippen LogP contribution in [0, 0.1) is 17.3 Å². The summed E-state index contributed by atoms with van der Waals surface area (Å²) < 4.78 is 10.0. The molecule has 0 aromatic carbocycles. The fourth-order valence-corrected chi connectivity index (χ4v) is 3.93. The van der Waals surface area contributed by atoms with E-state index in [1.165, 1.54) is 14.2 Å². The van der Waals surface area contributed by atoms with E-state index in [0.717, 1.165) is 30.4 Å². The van der Waals surface area contributed by atoms with Crippen LogP contribution in [0.25, 0.3) is 0 Å². The van der Waals surface area contributed by atoms with Crippen molar-refractivity contribution in [2.75, 3.05) is 20.8 Å². The van der Waals surface area contributed by atoms with E-state index < -0.39 is 17.4 Å². The highest BCUT2D eigenvalue weighted by Gasteiger charge is 2.47. The normalized spacial score (nSPS) is 14.6. The highest BCUT2D eigenvalue weighted by atomic mass is 16.5. The summed E-state index contributed by atoms with van der Waals surface area (Å²) in [7, 11) is 2.56. The number of methoxy groups -OCH3 is 2. The summed E-state index contributed by atoms with van der Waals surface area (Å²) in [6.07, 6.45) is 11.1. The minimum Gasteiger partial charge on any atom is -0.468 e. The van der Waals surface area contributed by atoms with Gasteiger partial charge in [-0.3, -0.25) is 9.59 Å². The minimum absolute atomic E-state index is 0.137. The molecule has 0 aromatic rings. The Bertz CT molecular complexity index is 613. The lowest BCUT2D eigenvalue weighted by Crippen LogP contribution is -2.41. The smallest absolute Gasteiger partial charge is 0.323 e. The van der Waals surface area contributed by atoms with Crippen LogP contribution in [0.4, 0.5) is 0 Å². The molecule has 0 aliphatic carbocycles. The molecule has 0 bridgehead atoms. The van der Waals surface area contributed by atoms with Gasteiger partial charge < -0.3 is 14.6 Å². The quantitative estimate of drug-likeness (QED) is 0.171. The van der Waals surface area contributed by atoms with Gasteiger partial charge in [-0.15, -0.1) is 6.58 Å². The van der Waals surface area contributed by atoms with Crippen LogP contribution in [0.5, 0.6) is 0 Å². The largest absolute Gasteiger partial charge is 0.468 e. The number of aliphatic hydroxyl groups is 1. The van der Waals surface area contributed by atoms with Gasteiger partial charge in [0.25, 0.3) is 0 Å². The predicted molar refractivity (Wildman–Crippen MR) is 122 cm³/mol. The Morgan fingerprint density at radius 2 is 1.70 bits per heavy atom. The van der Waals surface area contributed by atoms with Crippen molar-refractivity contribution in [3.8, 4) is 0 Å². The Morgan fingerprint density at radius 3 is 2.17 bits per heavy atom. The van der Waals surface area contributed by atoms with Crippen LogP contribution in [-0.4, -0.2) is 37.9 Å². The van der Waals surface area contributed by atoms with Crippen LogP contribution < -0.4 is 0 Å². The Kier molecular flexibility index (Phi) is 13.7. The average molecular weight is 421 g/mol. The molecule has 0 aromatic heterocycles. The van der Waals surface area contributed by atoms with Gasteiger partial charge in [-0.1, -0.05) is 49.0 Å². The first-order chi connectivity index (χ1) is 14.2.